The quantitative estimate of drug-likeness (QED) is 0.318. The molecular weight excluding hydrogens is 312 g/mol. The molecule has 0 radical (unpaired) electrons. The molecular formula is C13H16N2O8. The number of aliphatic hydroxyl groups is 3. The predicted octanol–water partition coefficient (Wildman–Crippen LogP) is -0.870. The van der Waals surface area contributed by atoms with Crippen molar-refractivity contribution >= 4 is 11.9 Å². The zero-order chi connectivity index (χ0) is 17.7. The monoisotopic (exact) mass is 328 g/mol. The number of aromatic hydroxyl groups is 1. The van der Waals surface area contributed by atoms with Crippen LogP contribution in [-0.4, -0.2) is 60.7 Å². The Morgan fingerprint density at radius 3 is 2.26 bits per heavy atom. The first-order valence-corrected chi connectivity index (χ1v) is 6.43. The third-order valence-electron chi connectivity index (χ3n) is 3.17. The Balaban J connectivity index is 2.97. The number of hydrogen-bond donors (Lipinski definition) is 5. The number of aliphatic hydroxyl groups excluding tert-OH is 3. The Hall–Kier alpha value is -2.56. The average molecular weight is 328 g/mol. The second-order valence-electron chi connectivity index (χ2n) is 4.77. The smallest absolute Gasteiger partial charge is 0.335 e. The molecule has 0 bridgehead atoms. The first-order chi connectivity index (χ1) is 10.7. The Morgan fingerprint density at radius 2 is 1.78 bits per heavy atom. The summed E-state index contributed by atoms with van der Waals surface area (Å²) in [6.45, 7) is 1.22. The average Bonchev–Trinajstić information content (AvgIpc) is 2.52. The minimum absolute atomic E-state index is 0.130. The maximum atomic E-state index is 11.9. The summed E-state index contributed by atoms with van der Waals surface area (Å²) < 4.78 is 0. The third kappa shape index (κ3) is 4.22. The zero-order valence-corrected chi connectivity index (χ0v) is 12.0. The summed E-state index contributed by atoms with van der Waals surface area (Å²) in [7, 11) is 0. The predicted molar refractivity (Wildman–Crippen MR) is 74.8 cm³/mol. The van der Waals surface area contributed by atoms with E-state index in [4.69, 9.17) is 10.2 Å². The van der Waals surface area contributed by atoms with E-state index in [1.165, 1.54) is 31.2 Å². The summed E-state index contributed by atoms with van der Waals surface area (Å²) in [6, 6.07) is 4.07. The molecule has 1 aromatic rings. The fraction of sp³-hybridized carbons (Fsp3) is 0.385. The summed E-state index contributed by atoms with van der Waals surface area (Å²) in [4.78, 5) is 33.3. The number of carbonyl (C=O) groups excluding carboxylic acids is 1. The molecule has 4 atom stereocenters. The first kappa shape index (κ1) is 18.5. The van der Waals surface area contributed by atoms with Crippen molar-refractivity contribution in [2.45, 2.75) is 31.3 Å². The van der Waals surface area contributed by atoms with Gasteiger partial charge < -0.3 is 25.5 Å². The number of phenolic OH excluding ortho intramolecular Hbond substituents is 1. The van der Waals surface area contributed by atoms with Gasteiger partial charge in [0.25, 0.3) is 5.91 Å². The van der Waals surface area contributed by atoms with E-state index in [2.05, 4.69) is 5.29 Å². The SMILES string of the molecule is C[C@@H]([C@H](O)c1cccc(O)c1)N(N=O)C(=O)[C@H](O)[C@@H](O)C(=O)O. The Morgan fingerprint density at radius 1 is 1.17 bits per heavy atom. The molecule has 10 heteroatoms. The van der Waals surface area contributed by atoms with Crippen molar-refractivity contribution in [3.05, 3.63) is 34.7 Å². The lowest BCUT2D eigenvalue weighted by Crippen LogP contribution is -2.49. The molecule has 0 heterocycles. The molecule has 0 aliphatic heterocycles. The van der Waals surface area contributed by atoms with Crippen LogP contribution in [0.2, 0.25) is 0 Å². The number of carboxylic acids is 1. The maximum absolute atomic E-state index is 11.9. The summed E-state index contributed by atoms with van der Waals surface area (Å²) in [5.41, 5.74) is 0.159. The van der Waals surface area contributed by atoms with Crippen molar-refractivity contribution in [3.63, 3.8) is 0 Å². The van der Waals surface area contributed by atoms with E-state index < -0.39 is 36.2 Å². The van der Waals surface area contributed by atoms with Gasteiger partial charge in [-0.15, -0.1) is 4.91 Å². The first-order valence-electron chi connectivity index (χ1n) is 6.43. The number of carboxylic acid groups (broad SMARTS) is 1. The molecule has 1 aromatic carbocycles. The van der Waals surface area contributed by atoms with Crippen molar-refractivity contribution in [1.29, 1.82) is 0 Å². The zero-order valence-electron chi connectivity index (χ0n) is 12.0. The molecule has 1 rings (SSSR count). The van der Waals surface area contributed by atoms with E-state index >= 15 is 0 Å². The van der Waals surface area contributed by atoms with E-state index in [9.17, 15) is 29.8 Å². The molecule has 0 fully saturated rings. The van der Waals surface area contributed by atoms with Crippen LogP contribution in [0.3, 0.4) is 0 Å². The molecule has 10 nitrogen and oxygen atoms in total. The standard InChI is InChI=1S/C13H16N2O8/c1-6(9(17)7-3-2-4-8(16)5-7)15(14-23)12(20)10(18)11(19)13(21)22/h2-6,9-11,16-19H,1H3,(H,21,22)/t6-,9-,10+,11+/m0/s1. The second-order valence-corrected chi connectivity index (χ2v) is 4.77. The highest BCUT2D eigenvalue weighted by atomic mass is 16.4. The lowest BCUT2D eigenvalue weighted by atomic mass is 10.0. The van der Waals surface area contributed by atoms with Crippen LogP contribution in [0.25, 0.3) is 0 Å². The van der Waals surface area contributed by atoms with Gasteiger partial charge in [-0.05, 0) is 24.6 Å². The fourth-order valence-corrected chi connectivity index (χ4v) is 1.84. The van der Waals surface area contributed by atoms with Crippen LogP contribution in [0, 0.1) is 4.91 Å². The highest BCUT2D eigenvalue weighted by molar-refractivity contribution is 5.87. The number of hydrogen-bond acceptors (Lipinski definition) is 8. The van der Waals surface area contributed by atoms with E-state index in [1.807, 2.05) is 0 Å². The second kappa shape index (κ2) is 7.63. The fourth-order valence-electron chi connectivity index (χ4n) is 1.84. The minimum Gasteiger partial charge on any atom is -0.508 e. The van der Waals surface area contributed by atoms with E-state index in [1.54, 1.807) is 0 Å². The van der Waals surface area contributed by atoms with Gasteiger partial charge in [0, 0.05) is 0 Å². The van der Waals surface area contributed by atoms with Crippen molar-refractivity contribution in [3.8, 4) is 5.75 Å². The van der Waals surface area contributed by atoms with Gasteiger partial charge in [-0.3, -0.25) is 4.79 Å². The number of rotatable bonds is 7. The molecule has 0 unspecified atom stereocenters. The molecule has 0 aliphatic rings. The lowest BCUT2D eigenvalue weighted by molar-refractivity contribution is -0.164. The molecule has 23 heavy (non-hydrogen) atoms. The Bertz CT molecular complexity index is 593. The van der Waals surface area contributed by atoms with E-state index in [-0.39, 0.29) is 16.3 Å². The van der Waals surface area contributed by atoms with Crippen LogP contribution >= 0.6 is 0 Å². The summed E-state index contributed by atoms with van der Waals surface area (Å²) in [5, 5.41) is 49.1. The van der Waals surface area contributed by atoms with Gasteiger partial charge in [0.2, 0.25) is 0 Å². The van der Waals surface area contributed by atoms with Crippen LogP contribution in [0.1, 0.15) is 18.6 Å². The number of phenols is 1. The van der Waals surface area contributed by atoms with E-state index in [0.717, 1.165) is 0 Å². The van der Waals surface area contributed by atoms with Gasteiger partial charge in [0.05, 0.1) is 11.3 Å². The van der Waals surface area contributed by atoms with Crippen molar-refractivity contribution in [2.75, 3.05) is 0 Å². The van der Waals surface area contributed by atoms with Crippen molar-refractivity contribution in [1.82, 2.24) is 5.01 Å². The topological polar surface area (TPSA) is 168 Å². The third-order valence-corrected chi connectivity index (χ3v) is 3.17. The number of nitrogens with zero attached hydrogens (tertiary/aromatic N) is 2. The van der Waals surface area contributed by atoms with Crippen LogP contribution in [0.15, 0.2) is 29.6 Å². The van der Waals surface area contributed by atoms with Crippen molar-refractivity contribution < 1.29 is 35.1 Å². The molecule has 0 spiro atoms. The molecule has 0 saturated heterocycles. The minimum atomic E-state index is -2.45. The summed E-state index contributed by atoms with van der Waals surface area (Å²) in [6.07, 6.45) is -6.33. The molecule has 1 amide bonds. The number of amides is 1. The van der Waals surface area contributed by atoms with Gasteiger partial charge in [0.1, 0.15) is 11.9 Å². The van der Waals surface area contributed by atoms with Gasteiger partial charge in [-0.25, -0.2) is 4.79 Å². The van der Waals surface area contributed by atoms with Gasteiger partial charge >= 0.3 is 5.97 Å². The number of nitroso groups, excluding NO2 is 1. The maximum Gasteiger partial charge on any atom is 0.335 e. The van der Waals surface area contributed by atoms with Crippen LogP contribution < -0.4 is 0 Å². The molecule has 5 N–H and O–H groups in total. The van der Waals surface area contributed by atoms with Crippen molar-refractivity contribution in [2.24, 2.45) is 5.29 Å². The number of benzene rings is 1. The normalized spacial score (nSPS) is 16.0. The highest BCUT2D eigenvalue weighted by Crippen LogP contribution is 2.24. The molecule has 0 saturated carbocycles. The number of carbonyl (C=O) groups is 2. The van der Waals surface area contributed by atoms with Crippen LogP contribution in [0.4, 0.5) is 0 Å². The highest BCUT2D eigenvalue weighted by Gasteiger charge is 2.38. The largest absolute Gasteiger partial charge is 0.508 e. The molecule has 0 aliphatic carbocycles. The number of aliphatic carboxylic acids is 1. The molecule has 126 valence electrons. The van der Waals surface area contributed by atoms with Gasteiger partial charge in [0.15, 0.2) is 12.2 Å². The van der Waals surface area contributed by atoms with E-state index in [0.29, 0.717) is 0 Å². The molecule has 0 aromatic heterocycles. The van der Waals surface area contributed by atoms with Crippen LogP contribution in [0.5, 0.6) is 5.75 Å². The summed E-state index contributed by atoms with van der Waals surface area (Å²) in [5.74, 6) is -3.51. The van der Waals surface area contributed by atoms with Gasteiger partial charge in [-0.1, -0.05) is 12.1 Å². The Labute approximate surface area is 130 Å². The Kier molecular flexibility index (Phi) is 6.13. The summed E-state index contributed by atoms with van der Waals surface area (Å²) >= 11 is 0. The van der Waals surface area contributed by atoms with Crippen LogP contribution in [-0.2, 0) is 9.59 Å². The van der Waals surface area contributed by atoms with Gasteiger partial charge in [-0.2, -0.15) is 5.01 Å². The lowest BCUT2D eigenvalue weighted by Gasteiger charge is -2.28.